The van der Waals surface area contributed by atoms with E-state index in [0.29, 0.717) is 71.0 Å². The summed E-state index contributed by atoms with van der Waals surface area (Å²) in [5.74, 6) is -1.24. The summed E-state index contributed by atoms with van der Waals surface area (Å²) >= 11 is 0. The summed E-state index contributed by atoms with van der Waals surface area (Å²) in [4.78, 5) is 60.9. The highest BCUT2D eigenvalue weighted by atomic mass is 19.4. The van der Waals surface area contributed by atoms with Crippen LogP contribution in [0.15, 0.2) is 206 Å². The van der Waals surface area contributed by atoms with Crippen molar-refractivity contribution in [3.05, 3.63) is 240 Å². The van der Waals surface area contributed by atoms with Gasteiger partial charge in [0.2, 0.25) is 0 Å². The van der Waals surface area contributed by atoms with E-state index in [-0.39, 0.29) is 23.8 Å². The molecular weight excluding hydrogens is 1120 g/mol. The van der Waals surface area contributed by atoms with Crippen molar-refractivity contribution in [2.75, 3.05) is 86.5 Å². The first-order valence-corrected chi connectivity index (χ1v) is 28.7. The molecule has 8 aromatic rings. The normalized spacial score (nSPS) is 14.9. The highest BCUT2D eigenvalue weighted by Crippen LogP contribution is 2.35. The number of alkyl halides is 6. The van der Waals surface area contributed by atoms with Crippen LogP contribution in [0.25, 0.3) is 22.3 Å². The molecular formula is C69H66F6N6O6. The summed E-state index contributed by atoms with van der Waals surface area (Å²) < 4.78 is 88.6. The lowest BCUT2D eigenvalue weighted by Crippen LogP contribution is -2.38. The summed E-state index contributed by atoms with van der Waals surface area (Å²) in [7, 11) is 1.41. The van der Waals surface area contributed by atoms with E-state index in [0.717, 1.165) is 92.3 Å². The second-order valence-corrected chi connectivity index (χ2v) is 20.9. The van der Waals surface area contributed by atoms with Gasteiger partial charge in [0.05, 0.1) is 24.8 Å². The summed E-state index contributed by atoms with van der Waals surface area (Å²) in [6.07, 6.45) is -7.13. The maximum atomic E-state index is 13.2. The molecule has 0 bridgehead atoms. The Morgan fingerprint density at radius 3 is 1.17 bits per heavy atom. The van der Waals surface area contributed by atoms with Gasteiger partial charge in [-0.25, -0.2) is 9.59 Å². The minimum absolute atomic E-state index is 0.243. The monoisotopic (exact) mass is 1190 g/mol. The number of benzene rings is 8. The Bertz CT molecular complexity index is 3570. The molecule has 450 valence electrons. The smallest absolute Gasteiger partial charge is 0.416 e. The third kappa shape index (κ3) is 16.0. The second kappa shape index (κ2) is 28.8. The number of rotatable bonds is 15. The van der Waals surface area contributed by atoms with Gasteiger partial charge in [-0.1, -0.05) is 121 Å². The lowest BCUT2D eigenvalue weighted by Gasteiger charge is -2.29. The van der Waals surface area contributed by atoms with Gasteiger partial charge < -0.3 is 29.9 Å². The Labute approximate surface area is 501 Å². The van der Waals surface area contributed by atoms with Crippen molar-refractivity contribution in [2.24, 2.45) is 0 Å². The number of amides is 2. The molecule has 87 heavy (non-hydrogen) atoms. The number of nitrogens with one attached hydrogen (secondary N) is 2. The maximum absolute atomic E-state index is 13.2. The van der Waals surface area contributed by atoms with E-state index in [1.54, 1.807) is 48.5 Å². The van der Waals surface area contributed by atoms with Crippen LogP contribution in [0.4, 0.5) is 49.1 Å². The molecule has 2 saturated heterocycles. The fourth-order valence-electron chi connectivity index (χ4n) is 11.0. The molecule has 2 aliphatic heterocycles. The standard InChI is InChI=1S/C35H34F3N3O3.C34H32F3N3O3/c1-2-44-34(43)32(26-9-4-3-5-10-26)41-22-8-21-40(23-24-41)29-19-17-28(18-20-29)39-33(42)31-12-7-6-11-30(31)25-13-15-27(16-14-25)35(36,37)38;1-43-33(42)31(25-8-3-2-4-9-25)40-21-7-20-39(22-23-40)28-18-16-27(17-19-28)38-32(41)30-11-6-5-10-29(30)24-12-14-26(15-13-24)34(35,36)37/h3-7,9-20,32H,2,8,21-24H2,1H3,(H,39,42);2-6,8-19,31H,7,20-23H2,1H3,(H,38,41). The topological polar surface area (TPSA) is 124 Å². The number of halogens is 6. The van der Waals surface area contributed by atoms with Gasteiger partial charge in [0.15, 0.2) is 0 Å². The van der Waals surface area contributed by atoms with Crippen molar-refractivity contribution >= 4 is 46.5 Å². The van der Waals surface area contributed by atoms with Crippen molar-refractivity contribution in [1.82, 2.24) is 9.80 Å². The molecule has 0 spiro atoms. The third-order valence-electron chi connectivity index (χ3n) is 15.3. The molecule has 2 fully saturated rings. The van der Waals surface area contributed by atoms with E-state index in [1.807, 2.05) is 116 Å². The molecule has 2 amide bonds. The average molecular weight is 1190 g/mol. The number of carbonyl (C=O) groups is 4. The van der Waals surface area contributed by atoms with E-state index in [1.165, 1.54) is 31.4 Å². The molecule has 0 aromatic heterocycles. The zero-order chi connectivity index (χ0) is 61.5. The van der Waals surface area contributed by atoms with Crippen LogP contribution >= 0.6 is 0 Å². The summed E-state index contributed by atoms with van der Waals surface area (Å²) in [5, 5.41) is 5.82. The van der Waals surface area contributed by atoms with Gasteiger partial charge in [-0.2, -0.15) is 26.3 Å². The Morgan fingerprint density at radius 1 is 0.437 bits per heavy atom. The Hall–Kier alpha value is -9.26. The van der Waals surface area contributed by atoms with Crippen molar-refractivity contribution in [2.45, 2.75) is 44.2 Å². The number of anilines is 4. The fraction of sp³-hybridized carbons (Fsp3) is 0.246. The number of nitrogens with zero attached hydrogens (tertiary/aromatic N) is 4. The highest BCUT2D eigenvalue weighted by molar-refractivity contribution is 6.09. The molecule has 2 N–H and O–H groups in total. The highest BCUT2D eigenvalue weighted by Gasteiger charge is 2.34. The van der Waals surface area contributed by atoms with E-state index in [2.05, 4.69) is 30.2 Å². The van der Waals surface area contributed by atoms with Gasteiger partial charge in [0, 0.05) is 86.2 Å². The first-order chi connectivity index (χ1) is 42.0. The van der Waals surface area contributed by atoms with Crippen LogP contribution < -0.4 is 20.4 Å². The van der Waals surface area contributed by atoms with Crippen LogP contribution in [0.1, 0.15) is 74.8 Å². The van der Waals surface area contributed by atoms with Gasteiger partial charge in [-0.15, -0.1) is 0 Å². The first kappa shape index (κ1) is 62.3. The molecule has 10 rings (SSSR count). The Balaban J connectivity index is 0.000000208. The zero-order valence-electron chi connectivity index (χ0n) is 48.1. The van der Waals surface area contributed by atoms with Crippen LogP contribution in [0.3, 0.4) is 0 Å². The Kier molecular flexibility index (Phi) is 20.6. The first-order valence-electron chi connectivity index (χ1n) is 28.7. The van der Waals surface area contributed by atoms with Crippen LogP contribution in [0.2, 0.25) is 0 Å². The van der Waals surface area contributed by atoms with Crippen LogP contribution in [-0.4, -0.2) is 99.6 Å². The van der Waals surface area contributed by atoms with Gasteiger partial charge in [-0.3, -0.25) is 19.4 Å². The van der Waals surface area contributed by atoms with Gasteiger partial charge in [0.1, 0.15) is 12.1 Å². The molecule has 2 unspecified atom stereocenters. The predicted octanol–water partition coefficient (Wildman–Crippen LogP) is 14.5. The quantitative estimate of drug-likeness (QED) is 0.0757. The number of hydrogen-bond donors (Lipinski definition) is 2. The summed E-state index contributed by atoms with van der Waals surface area (Å²) in [6, 6.07) is 56.8. The van der Waals surface area contributed by atoms with E-state index >= 15 is 0 Å². The lowest BCUT2D eigenvalue weighted by molar-refractivity contribution is -0.150. The van der Waals surface area contributed by atoms with Gasteiger partial charge in [-0.05, 0) is 138 Å². The SMILES string of the molecule is CCOC(=O)C(c1ccccc1)N1CCCN(c2ccc(NC(=O)c3ccccc3-c3ccc(C(F)(F)F)cc3)cc2)CC1.COC(=O)C(c1ccccc1)N1CCCN(c2ccc(NC(=O)c3ccccc3-c3ccc(C(F)(F)F)cc3)cc2)CC1. The minimum atomic E-state index is -4.43. The van der Waals surface area contributed by atoms with Crippen LogP contribution in [0.5, 0.6) is 0 Å². The van der Waals surface area contributed by atoms with Crippen LogP contribution in [0, 0.1) is 0 Å². The largest absolute Gasteiger partial charge is 0.468 e. The van der Waals surface area contributed by atoms with Crippen molar-refractivity contribution < 1.29 is 55.0 Å². The fourth-order valence-corrected chi connectivity index (χ4v) is 11.0. The maximum Gasteiger partial charge on any atom is 0.416 e. The molecule has 2 aliphatic rings. The zero-order valence-corrected chi connectivity index (χ0v) is 48.1. The molecule has 0 saturated carbocycles. The molecule has 8 aromatic carbocycles. The average Bonchev–Trinajstić information content (AvgIpc) is 4.16. The number of esters is 2. The van der Waals surface area contributed by atoms with Gasteiger partial charge >= 0.3 is 24.3 Å². The predicted molar refractivity (Wildman–Crippen MR) is 326 cm³/mol. The van der Waals surface area contributed by atoms with Crippen molar-refractivity contribution in [1.29, 1.82) is 0 Å². The molecule has 2 heterocycles. The van der Waals surface area contributed by atoms with Gasteiger partial charge in [0.25, 0.3) is 11.8 Å². The minimum Gasteiger partial charge on any atom is -0.468 e. The van der Waals surface area contributed by atoms with E-state index in [9.17, 15) is 45.5 Å². The number of hydrogen-bond acceptors (Lipinski definition) is 10. The summed E-state index contributed by atoms with van der Waals surface area (Å²) in [6.45, 7) is 8.05. The summed E-state index contributed by atoms with van der Waals surface area (Å²) in [5.41, 5.74) is 6.38. The molecule has 0 aliphatic carbocycles. The second-order valence-electron chi connectivity index (χ2n) is 20.9. The molecule has 0 radical (unpaired) electrons. The van der Waals surface area contributed by atoms with E-state index < -0.39 is 35.6 Å². The number of methoxy groups -OCH3 is 1. The number of ether oxygens (including phenoxy) is 2. The molecule has 2 atom stereocenters. The van der Waals surface area contributed by atoms with Crippen molar-refractivity contribution in [3.8, 4) is 22.3 Å². The molecule has 18 heteroatoms. The van der Waals surface area contributed by atoms with E-state index in [4.69, 9.17) is 9.47 Å². The number of carbonyl (C=O) groups excluding carboxylic acids is 4. The lowest BCUT2D eigenvalue weighted by atomic mass is 9.98. The molecule has 12 nitrogen and oxygen atoms in total. The third-order valence-corrected chi connectivity index (χ3v) is 15.3. The Morgan fingerprint density at radius 2 is 0.805 bits per heavy atom. The van der Waals surface area contributed by atoms with Crippen LogP contribution in [-0.2, 0) is 31.4 Å². The van der Waals surface area contributed by atoms with Crippen molar-refractivity contribution in [3.63, 3.8) is 0 Å².